The Morgan fingerprint density at radius 1 is 1.33 bits per heavy atom. The summed E-state index contributed by atoms with van der Waals surface area (Å²) in [7, 11) is 3.18. The molecule has 18 heavy (non-hydrogen) atoms. The Hall–Kier alpha value is -0.970. The van der Waals surface area contributed by atoms with E-state index in [2.05, 4.69) is 0 Å². The molecule has 2 rings (SSSR count). The maximum atomic E-state index is 6.26. The van der Waals surface area contributed by atoms with E-state index in [0.717, 1.165) is 18.6 Å². The van der Waals surface area contributed by atoms with Gasteiger partial charge in [0, 0.05) is 29.7 Å². The lowest BCUT2D eigenvalue weighted by atomic mass is 9.93. The van der Waals surface area contributed by atoms with Gasteiger partial charge in [-0.25, -0.2) is 0 Å². The Balaban J connectivity index is 2.31. The van der Waals surface area contributed by atoms with E-state index in [1.165, 1.54) is 0 Å². The minimum absolute atomic E-state index is 0.139. The Kier molecular flexibility index (Phi) is 4.32. The Morgan fingerprint density at radius 3 is 2.56 bits per heavy atom. The first-order valence-corrected chi connectivity index (χ1v) is 6.30. The number of ether oxygens (including phenoxy) is 3. The van der Waals surface area contributed by atoms with Crippen molar-refractivity contribution in [3.8, 4) is 11.5 Å². The van der Waals surface area contributed by atoms with Crippen molar-refractivity contribution < 1.29 is 14.2 Å². The molecule has 1 aliphatic rings. The normalized spacial score (nSPS) is 20.8. The van der Waals surface area contributed by atoms with E-state index in [1.54, 1.807) is 20.3 Å². The van der Waals surface area contributed by atoms with Gasteiger partial charge in [-0.2, -0.15) is 0 Å². The maximum absolute atomic E-state index is 6.26. The van der Waals surface area contributed by atoms with E-state index in [-0.39, 0.29) is 6.04 Å². The van der Waals surface area contributed by atoms with Crippen molar-refractivity contribution in [3.05, 3.63) is 22.7 Å². The molecule has 1 fully saturated rings. The van der Waals surface area contributed by atoms with Gasteiger partial charge in [-0.3, -0.25) is 0 Å². The first-order valence-electron chi connectivity index (χ1n) is 5.92. The SMILES string of the molecule is COc1cc(Cl)c(C(N)C2CCOC2)cc1OC. The summed E-state index contributed by atoms with van der Waals surface area (Å²) in [6, 6.07) is 3.45. The predicted molar refractivity (Wildman–Crippen MR) is 70.4 cm³/mol. The zero-order chi connectivity index (χ0) is 13.1. The van der Waals surface area contributed by atoms with Gasteiger partial charge in [-0.05, 0) is 18.1 Å². The number of hydrogen-bond acceptors (Lipinski definition) is 4. The molecule has 4 nitrogen and oxygen atoms in total. The monoisotopic (exact) mass is 271 g/mol. The second kappa shape index (κ2) is 5.78. The number of halogens is 1. The van der Waals surface area contributed by atoms with Crippen LogP contribution in [0.3, 0.4) is 0 Å². The van der Waals surface area contributed by atoms with Crippen molar-refractivity contribution in [2.75, 3.05) is 27.4 Å². The van der Waals surface area contributed by atoms with Crippen LogP contribution in [0.5, 0.6) is 11.5 Å². The molecule has 0 aromatic heterocycles. The first-order chi connectivity index (χ1) is 8.67. The van der Waals surface area contributed by atoms with Crippen molar-refractivity contribution in [1.82, 2.24) is 0 Å². The van der Waals surface area contributed by atoms with Gasteiger partial charge in [0.2, 0.25) is 0 Å². The standard InChI is InChI=1S/C13H18ClNO3/c1-16-11-5-9(10(14)6-12(11)17-2)13(15)8-3-4-18-7-8/h5-6,8,13H,3-4,7,15H2,1-2H3. The number of nitrogens with two attached hydrogens (primary N) is 1. The molecule has 1 aromatic carbocycles. The van der Waals surface area contributed by atoms with Crippen molar-refractivity contribution in [2.45, 2.75) is 12.5 Å². The lowest BCUT2D eigenvalue weighted by molar-refractivity contribution is 0.181. The molecular weight excluding hydrogens is 254 g/mol. The van der Waals surface area contributed by atoms with Crippen molar-refractivity contribution >= 4 is 11.6 Å². The van der Waals surface area contributed by atoms with Crippen LogP contribution < -0.4 is 15.2 Å². The summed E-state index contributed by atoms with van der Waals surface area (Å²) in [5.41, 5.74) is 7.13. The fourth-order valence-corrected chi connectivity index (χ4v) is 2.49. The minimum atomic E-state index is -0.139. The quantitative estimate of drug-likeness (QED) is 0.914. The second-order valence-electron chi connectivity index (χ2n) is 4.38. The molecule has 2 atom stereocenters. The molecule has 1 aromatic rings. The lowest BCUT2D eigenvalue weighted by Crippen LogP contribution is -2.22. The molecule has 2 unspecified atom stereocenters. The highest BCUT2D eigenvalue weighted by molar-refractivity contribution is 6.31. The molecule has 0 aliphatic carbocycles. The van der Waals surface area contributed by atoms with Crippen LogP contribution in [0.1, 0.15) is 18.0 Å². The van der Waals surface area contributed by atoms with E-state index in [4.69, 9.17) is 31.5 Å². The maximum Gasteiger partial charge on any atom is 0.162 e. The van der Waals surface area contributed by atoms with Gasteiger partial charge in [-0.15, -0.1) is 0 Å². The fraction of sp³-hybridized carbons (Fsp3) is 0.538. The van der Waals surface area contributed by atoms with Crippen LogP contribution in [0.25, 0.3) is 0 Å². The average Bonchev–Trinajstić information content (AvgIpc) is 2.91. The summed E-state index contributed by atoms with van der Waals surface area (Å²) in [6.07, 6.45) is 0.964. The van der Waals surface area contributed by atoms with Gasteiger partial charge in [0.15, 0.2) is 11.5 Å². The summed E-state index contributed by atoms with van der Waals surface area (Å²) in [5, 5.41) is 0.604. The van der Waals surface area contributed by atoms with Gasteiger partial charge in [0.05, 0.1) is 20.8 Å². The smallest absolute Gasteiger partial charge is 0.162 e. The third-order valence-electron chi connectivity index (χ3n) is 3.33. The minimum Gasteiger partial charge on any atom is -0.493 e. The number of benzene rings is 1. The van der Waals surface area contributed by atoms with Crippen molar-refractivity contribution in [2.24, 2.45) is 11.7 Å². The van der Waals surface area contributed by atoms with Crippen LogP contribution in [0.15, 0.2) is 12.1 Å². The molecule has 0 spiro atoms. The number of hydrogen-bond donors (Lipinski definition) is 1. The molecule has 100 valence electrons. The predicted octanol–water partition coefficient (Wildman–Crippen LogP) is 2.39. The van der Waals surface area contributed by atoms with E-state index in [1.807, 2.05) is 6.07 Å². The zero-order valence-corrected chi connectivity index (χ0v) is 11.4. The molecule has 0 radical (unpaired) electrons. The Labute approximate surface area is 112 Å². The zero-order valence-electron chi connectivity index (χ0n) is 10.6. The van der Waals surface area contributed by atoms with Crippen LogP contribution in [0.4, 0.5) is 0 Å². The van der Waals surface area contributed by atoms with Gasteiger partial charge in [-0.1, -0.05) is 11.6 Å². The van der Waals surface area contributed by atoms with Crippen LogP contribution >= 0.6 is 11.6 Å². The van der Waals surface area contributed by atoms with E-state index >= 15 is 0 Å². The van der Waals surface area contributed by atoms with E-state index < -0.39 is 0 Å². The van der Waals surface area contributed by atoms with E-state index in [9.17, 15) is 0 Å². The molecule has 1 aliphatic heterocycles. The Bertz CT molecular complexity index is 419. The van der Waals surface area contributed by atoms with Crippen molar-refractivity contribution in [1.29, 1.82) is 0 Å². The Morgan fingerprint density at radius 2 is 2.00 bits per heavy atom. The van der Waals surface area contributed by atoms with Crippen LogP contribution in [0.2, 0.25) is 5.02 Å². The summed E-state index contributed by atoms with van der Waals surface area (Å²) in [6.45, 7) is 1.45. The van der Waals surface area contributed by atoms with E-state index in [0.29, 0.717) is 29.0 Å². The van der Waals surface area contributed by atoms with Crippen LogP contribution in [0, 0.1) is 5.92 Å². The summed E-state index contributed by atoms with van der Waals surface area (Å²) in [5.74, 6) is 1.56. The first kappa shape index (κ1) is 13.5. The average molecular weight is 272 g/mol. The molecule has 1 heterocycles. The molecule has 1 saturated heterocycles. The third kappa shape index (κ3) is 2.55. The van der Waals surface area contributed by atoms with Crippen LogP contribution in [-0.2, 0) is 4.74 Å². The molecule has 5 heteroatoms. The third-order valence-corrected chi connectivity index (χ3v) is 3.66. The highest BCUT2D eigenvalue weighted by atomic mass is 35.5. The number of rotatable bonds is 4. The van der Waals surface area contributed by atoms with Gasteiger partial charge in [0.25, 0.3) is 0 Å². The number of methoxy groups -OCH3 is 2. The van der Waals surface area contributed by atoms with Crippen LogP contribution in [-0.4, -0.2) is 27.4 Å². The molecule has 0 bridgehead atoms. The highest BCUT2D eigenvalue weighted by Gasteiger charge is 2.26. The summed E-state index contributed by atoms with van der Waals surface area (Å²) < 4.78 is 15.8. The fourth-order valence-electron chi connectivity index (χ4n) is 2.22. The van der Waals surface area contributed by atoms with Gasteiger partial charge in [0.1, 0.15) is 0 Å². The molecule has 2 N–H and O–H groups in total. The highest BCUT2D eigenvalue weighted by Crippen LogP contribution is 2.38. The topological polar surface area (TPSA) is 53.7 Å². The summed E-state index contributed by atoms with van der Waals surface area (Å²) in [4.78, 5) is 0. The lowest BCUT2D eigenvalue weighted by Gasteiger charge is -2.21. The largest absolute Gasteiger partial charge is 0.493 e. The molecular formula is C13H18ClNO3. The van der Waals surface area contributed by atoms with Gasteiger partial charge >= 0.3 is 0 Å². The van der Waals surface area contributed by atoms with Crippen molar-refractivity contribution in [3.63, 3.8) is 0 Å². The molecule has 0 amide bonds. The second-order valence-corrected chi connectivity index (χ2v) is 4.79. The van der Waals surface area contributed by atoms with Gasteiger partial charge < -0.3 is 19.9 Å². The molecule has 0 saturated carbocycles. The summed E-state index contributed by atoms with van der Waals surface area (Å²) >= 11 is 6.25.